The molecule has 4 nitrogen and oxygen atoms in total. The number of rotatable bonds is 7. The van der Waals surface area contributed by atoms with E-state index in [1.54, 1.807) is 6.92 Å². The molecule has 0 saturated carbocycles. The molecular weight excluding hydrogens is 368 g/mol. The number of nitrogens with zero attached hydrogens (tertiary/aromatic N) is 3. The molecule has 3 rings (SSSR count). The molecule has 1 heterocycles. The van der Waals surface area contributed by atoms with E-state index in [2.05, 4.69) is 10.2 Å². The van der Waals surface area contributed by atoms with E-state index in [9.17, 15) is 13.6 Å². The number of thioether (sulfide) groups is 1. The van der Waals surface area contributed by atoms with Crippen LogP contribution in [-0.2, 0) is 13.0 Å². The molecule has 27 heavy (non-hydrogen) atoms. The first-order valence-corrected chi connectivity index (χ1v) is 9.49. The van der Waals surface area contributed by atoms with Gasteiger partial charge >= 0.3 is 0 Å². The molecule has 0 amide bonds. The molecule has 0 N–H and O–H groups in total. The lowest BCUT2D eigenvalue weighted by atomic mass is 10.1. The molecule has 1 aromatic heterocycles. The number of hydrogen-bond donors (Lipinski definition) is 0. The third-order valence-corrected chi connectivity index (χ3v) is 5.24. The van der Waals surface area contributed by atoms with Crippen LogP contribution in [0, 0.1) is 11.6 Å². The van der Waals surface area contributed by atoms with Gasteiger partial charge in [-0.05, 0) is 31.5 Å². The van der Waals surface area contributed by atoms with E-state index < -0.39 is 22.7 Å². The standard InChI is InChI=1S/C20H19F2N3OS/c1-3-25-18(11-14-7-5-4-6-8-14)23-24-20(25)27-13(2)19(26)16-10-9-15(21)12-17(16)22/h4-10,12-13H,3,11H2,1-2H3. The quantitative estimate of drug-likeness (QED) is 0.441. The summed E-state index contributed by atoms with van der Waals surface area (Å²) in [5.41, 5.74) is 0.997. The second-order valence-electron chi connectivity index (χ2n) is 6.05. The number of carbonyl (C=O) groups excluding carboxylic acids is 1. The fourth-order valence-electron chi connectivity index (χ4n) is 2.75. The van der Waals surface area contributed by atoms with Crippen LogP contribution < -0.4 is 0 Å². The fraction of sp³-hybridized carbons (Fsp3) is 0.250. The van der Waals surface area contributed by atoms with Gasteiger partial charge in [0.15, 0.2) is 10.9 Å². The molecule has 0 aliphatic carbocycles. The van der Waals surface area contributed by atoms with Gasteiger partial charge in [0.2, 0.25) is 0 Å². The van der Waals surface area contributed by atoms with Crippen LogP contribution in [0.5, 0.6) is 0 Å². The third-order valence-electron chi connectivity index (χ3n) is 4.16. The van der Waals surface area contributed by atoms with Crippen LogP contribution in [-0.4, -0.2) is 25.8 Å². The van der Waals surface area contributed by atoms with Crippen molar-refractivity contribution in [3.63, 3.8) is 0 Å². The van der Waals surface area contributed by atoms with Gasteiger partial charge in [-0.1, -0.05) is 42.1 Å². The highest BCUT2D eigenvalue weighted by Gasteiger charge is 2.23. The number of carbonyl (C=O) groups is 1. The summed E-state index contributed by atoms with van der Waals surface area (Å²) < 4.78 is 28.9. The number of Topliss-reactive ketones (excluding diaryl/α,β-unsaturated/α-hetero) is 1. The van der Waals surface area contributed by atoms with Crippen LogP contribution in [0.15, 0.2) is 53.7 Å². The van der Waals surface area contributed by atoms with Crippen molar-refractivity contribution in [2.24, 2.45) is 0 Å². The molecule has 0 radical (unpaired) electrons. The summed E-state index contributed by atoms with van der Waals surface area (Å²) in [4.78, 5) is 12.5. The van der Waals surface area contributed by atoms with Crippen molar-refractivity contribution in [3.8, 4) is 0 Å². The van der Waals surface area contributed by atoms with E-state index in [4.69, 9.17) is 0 Å². The SMILES string of the molecule is CCn1c(Cc2ccccc2)nnc1SC(C)C(=O)c1ccc(F)cc1F. The van der Waals surface area contributed by atoms with Crippen LogP contribution in [0.25, 0.3) is 0 Å². The summed E-state index contributed by atoms with van der Waals surface area (Å²) in [6, 6.07) is 12.9. The van der Waals surface area contributed by atoms with Crippen LogP contribution in [0.3, 0.4) is 0 Å². The minimum absolute atomic E-state index is 0.122. The molecule has 0 aliphatic rings. The molecular formula is C20H19F2N3OS. The van der Waals surface area contributed by atoms with E-state index in [-0.39, 0.29) is 5.56 Å². The maximum absolute atomic E-state index is 13.9. The lowest BCUT2D eigenvalue weighted by Gasteiger charge is -2.12. The average molecular weight is 387 g/mol. The summed E-state index contributed by atoms with van der Waals surface area (Å²) in [5.74, 6) is -1.17. The van der Waals surface area contributed by atoms with Crippen molar-refractivity contribution in [2.45, 2.75) is 37.2 Å². The fourth-order valence-corrected chi connectivity index (χ4v) is 3.75. The highest BCUT2D eigenvalue weighted by molar-refractivity contribution is 8.00. The first-order chi connectivity index (χ1) is 13.0. The van der Waals surface area contributed by atoms with Gasteiger partial charge in [0.05, 0.1) is 10.8 Å². The Balaban J connectivity index is 1.77. The van der Waals surface area contributed by atoms with Crippen LogP contribution in [0.4, 0.5) is 8.78 Å². The average Bonchev–Trinajstić information content (AvgIpc) is 3.03. The Bertz CT molecular complexity index is 944. The van der Waals surface area contributed by atoms with Gasteiger partial charge in [-0.25, -0.2) is 8.78 Å². The molecule has 0 aliphatic heterocycles. The zero-order valence-electron chi connectivity index (χ0n) is 15.0. The molecule has 3 aromatic rings. The van der Waals surface area contributed by atoms with Crippen molar-refractivity contribution >= 4 is 17.5 Å². The number of aromatic nitrogens is 3. The van der Waals surface area contributed by atoms with Gasteiger partial charge in [0.1, 0.15) is 17.5 Å². The lowest BCUT2D eigenvalue weighted by Crippen LogP contribution is -2.16. The van der Waals surface area contributed by atoms with Gasteiger partial charge < -0.3 is 4.57 Å². The number of ketones is 1. The van der Waals surface area contributed by atoms with Crippen molar-refractivity contribution < 1.29 is 13.6 Å². The minimum Gasteiger partial charge on any atom is -0.306 e. The van der Waals surface area contributed by atoms with Crippen molar-refractivity contribution in [1.82, 2.24) is 14.8 Å². The molecule has 2 aromatic carbocycles. The van der Waals surface area contributed by atoms with Gasteiger partial charge in [-0.2, -0.15) is 0 Å². The number of hydrogen-bond acceptors (Lipinski definition) is 4. The van der Waals surface area contributed by atoms with Crippen LogP contribution >= 0.6 is 11.8 Å². The Kier molecular flexibility index (Phi) is 6.01. The van der Waals surface area contributed by atoms with E-state index in [1.165, 1.54) is 17.8 Å². The number of halogens is 2. The van der Waals surface area contributed by atoms with Gasteiger partial charge in [0.25, 0.3) is 0 Å². The summed E-state index contributed by atoms with van der Waals surface area (Å²) in [7, 11) is 0. The Labute approximate surface area is 160 Å². The van der Waals surface area contributed by atoms with Crippen LogP contribution in [0.2, 0.25) is 0 Å². The van der Waals surface area contributed by atoms with Crippen LogP contribution in [0.1, 0.15) is 35.6 Å². The van der Waals surface area contributed by atoms with Gasteiger partial charge in [0, 0.05) is 19.0 Å². The smallest absolute Gasteiger partial charge is 0.191 e. The molecule has 0 bridgehead atoms. The Morgan fingerprint density at radius 2 is 1.89 bits per heavy atom. The Morgan fingerprint density at radius 3 is 2.56 bits per heavy atom. The highest BCUT2D eigenvalue weighted by atomic mass is 32.2. The second-order valence-corrected chi connectivity index (χ2v) is 7.36. The van der Waals surface area contributed by atoms with E-state index in [0.717, 1.165) is 23.5 Å². The molecule has 1 atom stereocenters. The molecule has 140 valence electrons. The summed E-state index contributed by atoms with van der Waals surface area (Å²) >= 11 is 1.22. The second kappa shape index (κ2) is 8.43. The maximum atomic E-state index is 13.9. The lowest BCUT2D eigenvalue weighted by molar-refractivity contribution is 0.0990. The molecule has 0 saturated heterocycles. The summed E-state index contributed by atoms with van der Waals surface area (Å²) in [6.45, 7) is 4.32. The molecule has 0 fully saturated rings. The first kappa shape index (κ1) is 19.2. The van der Waals surface area contributed by atoms with E-state index in [1.807, 2.05) is 41.8 Å². The monoisotopic (exact) mass is 387 g/mol. The van der Waals surface area contributed by atoms with Crippen molar-refractivity contribution in [1.29, 1.82) is 0 Å². The normalized spacial score (nSPS) is 12.1. The Morgan fingerprint density at radius 1 is 1.15 bits per heavy atom. The predicted octanol–water partition coefficient (Wildman–Crippen LogP) is 4.53. The zero-order chi connectivity index (χ0) is 19.4. The third kappa shape index (κ3) is 4.42. The predicted molar refractivity (Wildman–Crippen MR) is 101 cm³/mol. The van der Waals surface area contributed by atoms with Crippen molar-refractivity contribution in [3.05, 3.63) is 77.1 Å². The molecule has 1 unspecified atom stereocenters. The maximum Gasteiger partial charge on any atom is 0.191 e. The van der Waals surface area contributed by atoms with E-state index >= 15 is 0 Å². The molecule has 7 heteroatoms. The zero-order valence-corrected chi connectivity index (χ0v) is 15.8. The van der Waals surface area contributed by atoms with Crippen molar-refractivity contribution in [2.75, 3.05) is 0 Å². The highest BCUT2D eigenvalue weighted by Crippen LogP contribution is 2.26. The number of benzene rings is 2. The summed E-state index contributed by atoms with van der Waals surface area (Å²) in [6.07, 6.45) is 0.636. The Hall–Kier alpha value is -2.54. The van der Waals surface area contributed by atoms with E-state index in [0.29, 0.717) is 18.1 Å². The van der Waals surface area contributed by atoms with Gasteiger partial charge in [-0.15, -0.1) is 10.2 Å². The summed E-state index contributed by atoms with van der Waals surface area (Å²) in [5, 5.41) is 8.48. The minimum atomic E-state index is -0.853. The van der Waals surface area contributed by atoms with Gasteiger partial charge in [-0.3, -0.25) is 4.79 Å². The molecule has 0 spiro atoms. The largest absolute Gasteiger partial charge is 0.306 e. The topological polar surface area (TPSA) is 47.8 Å². The first-order valence-electron chi connectivity index (χ1n) is 8.61.